The van der Waals surface area contributed by atoms with Crippen molar-refractivity contribution in [2.24, 2.45) is 0 Å². The van der Waals surface area contributed by atoms with Gasteiger partial charge in [0.1, 0.15) is 0 Å². The van der Waals surface area contributed by atoms with Gasteiger partial charge in [-0.1, -0.05) is 122 Å². The molecular formula is C24H30Si2. The normalized spacial score (nSPS) is 12.2. The molecule has 0 N–H and O–H groups in total. The van der Waals surface area contributed by atoms with E-state index < -0.39 is 16.1 Å². The predicted octanol–water partition coefficient (Wildman–Crippen LogP) is 6.11. The van der Waals surface area contributed by atoms with Gasteiger partial charge in [-0.3, -0.25) is 0 Å². The van der Waals surface area contributed by atoms with Gasteiger partial charge >= 0.3 is 0 Å². The summed E-state index contributed by atoms with van der Waals surface area (Å²) in [5.41, 5.74) is 5.24. The van der Waals surface area contributed by atoms with Crippen molar-refractivity contribution in [2.75, 3.05) is 0 Å². The topological polar surface area (TPSA) is 0 Å². The van der Waals surface area contributed by atoms with Crippen LogP contribution < -0.4 is 10.4 Å². The zero-order valence-corrected chi connectivity index (χ0v) is 18.9. The molecule has 0 amide bonds. The zero-order chi connectivity index (χ0) is 18.9. The first-order chi connectivity index (χ1) is 12.2. The van der Waals surface area contributed by atoms with Gasteiger partial charge in [-0.25, -0.2) is 0 Å². The third-order valence-electron chi connectivity index (χ3n) is 5.05. The molecule has 3 rings (SSSR count). The molecule has 134 valence electrons. The molecule has 0 radical (unpaired) electrons. The summed E-state index contributed by atoms with van der Waals surface area (Å²) in [5.74, 6) is 0. The molecule has 0 saturated heterocycles. The van der Waals surface area contributed by atoms with E-state index in [2.05, 4.69) is 112 Å². The summed E-state index contributed by atoms with van der Waals surface area (Å²) in [5, 5.41) is 3.02. The molecule has 0 aromatic heterocycles. The lowest BCUT2D eigenvalue weighted by molar-refractivity contribution is 1.58. The van der Waals surface area contributed by atoms with Crippen LogP contribution in [0.3, 0.4) is 0 Å². The molecule has 2 heteroatoms. The molecule has 0 unspecified atom stereocenters. The van der Waals surface area contributed by atoms with Gasteiger partial charge in [-0.2, -0.15) is 0 Å². The summed E-state index contributed by atoms with van der Waals surface area (Å²) < 4.78 is 0. The minimum absolute atomic E-state index is 1.26. The maximum atomic E-state index is 2.40. The molecule has 0 aliphatic heterocycles. The van der Waals surface area contributed by atoms with E-state index in [9.17, 15) is 0 Å². The number of rotatable bonds is 4. The second kappa shape index (κ2) is 7.01. The van der Waals surface area contributed by atoms with E-state index in [1.807, 2.05) is 0 Å². The van der Waals surface area contributed by atoms with E-state index in [1.165, 1.54) is 32.6 Å². The standard InChI is InChI=1S/C24H30Si2/c1-25(2,3)21-15-11-19(12-16-21)23-9-7-8-10-24(23)20-13-17-22(18-14-20)26(4,5)6/h7-18H,1-6H3. The monoisotopic (exact) mass is 374 g/mol. The van der Waals surface area contributed by atoms with E-state index in [0.717, 1.165) is 0 Å². The number of hydrogen-bond donors (Lipinski definition) is 0. The highest BCUT2D eigenvalue weighted by atomic mass is 28.3. The minimum atomic E-state index is -1.26. The second-order valence-electron chi connectivity index (χ2n) is 9.20. The van der Waals surface area contributed by atoms with E-state index in [0.29, 0.717) is 0 Å². The van der Waals surface area contributed by atoms with Crippen molar-refractivity contribution in [3.8, 4) is 22.3 Å². The van der Waals surface area contributed by atoms with Crippen molar-refractivity contribution in [1.82, 2.24) is 0 Å². The van der Waals surface area contributed by atoms with E-state index in [1.54, 1.807) is 0 Å². The van der Waals surface area contributed by atoms with Gasteiger partial charge in [0, 0.05) is 0 Å². The Kier molecular flexibility index (Phi) is 5.09. The Bertz CT molecular complexity index is 801. The van der Waals surface area contributed by atoms with Crippen molar-refractivity contribution in [1.29, 1.82) is 0 Å². The van der Waals surface area contributed by atoms with Crippen molar-refractivity contribution >= 4 is 26.5 Å². The summed E-state index contributed by atoms with van der Waals surface area (Å²) in [6.07, 6.45) is 0. The summed E-state index contributed by atoms with van der Waals surface area (Å²) in [4.78, 5) is 0. The van der Waals surface area contributed by atoms with Crippen LogP contribution in [-0.4, -0.2) is 16.1 Å². The van der Waals surface area contributed by atoms with Crippen molar-refractivity contribution in [3.63, 3.8) is 0 Å². The molecular weight excluding hydrogens is 344 g/mol. The van der Waals surface area contributed by atoms with Gasteiger partial charge < -0.3 is 0 Å². The Labute approximate surface area is 160 Å². The van der Waals surface area contributed by atoms with Gasteiger partial charge in [-0.05, 0) is 22.3 Å². The first-order valence-electron chi connectivity index (χ1n) is 9.47. The van der Waals surface area contributed by atoms with Crippen LogP contribution in [0.4, 0.5) is 0 Å². The Balaban J connectivity index is 2.01. The van der Waals surface area contributed by atoms with Crippen LogP contribution in [0.15, 0.2) is 72.8 Å². The van der Waals surface area contributed by atoms with Gasteiger partial charge in [0.15, 0.2) is 0 Å². The van der Waals surface area contributed by atoms with Crippen LogP contribution in [0.2, 0.25) is 39.3 Å². The largest absolute Gasteiger partial charge is 0.0775 e. The third kappa shape index (κ3) is 4.08. The maximum Gasteiger partial charge on any atom is 0.0775 e. The van der Waals surface area contributed by atoms with Crippen molar-refractivity contribution < 1.29 is 0 Å². The van der Waals surface area contributed by atoms with Crippen LogP contribution in [0, 0.1) is 0 Å². The molecule has 0 heterocycles. The lowest BCUT2D eigenvalue weighted by Gasteiger charge is -2.18. The maximum absolute atomic E-state index is 2.40. The minimum Gasteiger partial charge on any atom is -0.0656 e. The summed E-state index contributed by atoms with van der Waals surface area (Å²) in [6.45, 7) is 14.4. The predicted molar refractivity (Wildman–Crippen MR) is 123 cm³/mol. The average Bonchev–Trinajstić information content (AvgIpc) is 2.60. The molecule has 3 aromatic carbocycles. The first-order valence-corrected chi connectivity index (χ1v) is 16.5. The zero-order valence-electron chi connectivity index (χ0n) is 16.9. The fourth-order valence-electron chi connectivity index (χ4n) is 3.29. The van der Waals surface area contributed by atoms with Crippen LogP contribution >= 0.6 is 0 Å². The summed E-state index contributed by atoms with van der Waals surface area (Å²) in [6, 6.07) is 27.2. The van der Waals surface area contributed by atoms with Gasteiger partial charge in [0.25, 0.3) is 0 Å². The van der Waals surface area contributed by atoms with Crippen molar-refractivity contribution in [3.05, 3.63) is 72.8 Å². The molecule has 0 saturated carbocycles. The summed E-state index contributed by atoms with van der Waals surface area (Å²) in [7, 11) is -2.51. The fraction of sp³-hybridized carbons (Fsp3) is 0.250. The second-order valence-corrected chi connectivity index (χ2v) is 19.4. The van der Waals surface area contributed by atoms with Crippen LogP contribution in [0.25, 0.3) is 22.3 Å². The molecule has 0 atom stereocenters. The molecule has 0 aliphatic rings. The average molecular weight is 375 g/mol. The highest BCUT2D eigenvalue weighted by Crippen LogP contribution is 2.31. The Morgan fingerprint density at radius 1 is 0.423 bits per heavy atom. The molecule has 0 nitrogen and oxygen atoms in total. The molecule has 0 aliphatic carbocycles. The molecule has 26 heavy (non-hydrogen) atoms. The lowest BCUT2D eigenvalue weighted by atomic mass is 9.95. The highest BCUT2D eigenvalue weighted by molar-refractivity contribution is 6.89. The van der Waals surface area contributed by atoms with Crippen LogP contribution in [0.5, 0.6) is 0 Å². The number of hydrogen-bond acceptors (Lipinski definition) is 0. The van der Waals surface area contributed by atoms with Crippen LogP contribution in [-0.2, 0) is 0 Å². The van der Waals surface area contributed by atoms with Crippen molar-refractivity contribution in [2.45, 2.75) is 39.3 Å². The van der Waals surface area contributed by atoms with E-state index in [-0.39, 0.29) is 0 Å². The van der Waals surface area contributed by atoms with Gasteiger partial charge in [0.05, 0.1) is 16.1 Å². The Hall–Kier alpha value is -1.91. The van der Waals surface area contributed by atoms with Gasteiger partial charge in [-0.15, -0.1) is 0 Å². The number of benzene rings is 3. The SMILES string of the molecule is C[Si](C)(C)c1ccc(-c2ccccc2-c2ccc([Si](C)(C)C)cc2)cc1. The van der Waals surface area contributed by atoms with E-state index >= 15 is 0 Å². The van der Waals surface area contributed by atoms with Crippen LogP contribution in [0.1, 0.15) is 0 Å². The molecule has 0 fully saturated rings. The van der Waals surface area contributed by atoms with E-state index in [4.69, 9.17) is 0 Å². The highest BCUT2D eigenvalue weighted by Gasteiger charge is 2.17. The molecule has 0 bridgehead atoms. The Morgan fingerprint density at radius 3 is 1.00 bits per heavy atom. The lowest BCUT2D eigenvalue weighted by Crippen LogP contribution is -2.37. The molecule has 3 aromatic rings. The quantitative estimate of drug-likeness (QED) is 0.483. The van der Waals surface area contributed by atoms with Gasteiger partial charge in [0.2, 0.25) is 0 Å². The third-order valence-corrected chi connectivity index (χ3v) is 9.18. The fourth-order valence-corrected chi connectivity index (χ4v) is 5.62. The summed E-state index contributed by atoms with van der Waals surface area (Å²) >= 11 is 0. The Morgan fingerprint density at radius 2 is 0.731 bits per heavy atom. The first kappa shape index (κ1) is 18.9. The molecule has 0 spiro atoms. The smallest absolute Gasteiger partial charge is 0.0656 e.